The summed E-state index contributed by atoms with van der Waals surface area (Å²) >= 11 is 0. The number of carbonyl (C=O) groups is 1. The van der Waals surface area contributed by atoms with Crippen molar-refractivity contribution in [3.05, 3.63) is 82.9 Å². The lowest BCUT2D eigenvalue weighted by molar-refractivity contribution is -0.115. The minimum Gasteiger partial charge on any atom is -0.326 e. The number of hydrogen-bond donors (Lipinski definition) is 1. The number of likely N-dealkylation sites (tertiary alicyclic amines) is 1. The van der Waals surface area contributed by atoms with Crippen LogP contribution in [0.5, 0.6) is 0 Å². The van der Waals surface area contributed by atoms with Crippen molar-refractivity contribution < 1.29 is 9.18 Å². The van der Waals surface area contributed by atoms with Crippen LogP contribution in [0.1, 0.15) is 47.2 Å². The van der Waals surface area contributed by atoms with Crippen LogP contribution in [-0.4, -0.2) is 38.8 Å². The number of nitrogens with zero attached hydrogens (tertiary/aromatic N) is 4. The second-order valence-electron chi connectivity index (χ2n) is 8.36. The van der Waals surface area contributed by atoms with E-state index in [0.717, 1.165) is 60.9 Å². The topological polar surface area (TPSA) is 71.0 Å². The largest absolute Gasteiger partial charge is 0.326 e. The van der Waals surface area contributed by atoms with Crippen LogP contribution in [0.4, 0.5) is 10.1 Å². The second kappa shape index (κ2) is 9.96. The van der Waals surface area contributed by atoms with E-state index >= 15 is 0 Å². The van der Waals surface area contributed by atoms with Gasteiger partial charge in [-0.1, -0.05) is 6.07 Å². The molecular weight excluding hydrogens is 405 g/mol. The minimum absolute atomic E-state index is 0.168. The van der Waals surface area contributed by atoms with Gasteiger partial charge >= 0.3 is 0 Å². The zero-order chi connectivity index (χ0) is 22.5. The van der Waals surface area contributed by atoms with E-state index < -0.39 is 0 Å². The summed E-state index contributed by atoms with van der Waals surface area (Å²) in [5, 5.41) is 2.81. The Kier molecular flexibility index (Phi) is 6.85. The van der Waals surface area contributed by atoms with Crippen molar-refractivity contribution in [1.82, 2.24) is 19.9 Å². The zero-order valence-electron chi connectivity index (χ0n) is 18.5. The first-order valence-electron chi connectivity index (χ1n) is 11.0. The number of amides is 1. The van der Waals surface area contributed by atoms with Gasteiger partial charge in [0.25, 0.3) is 0 Å². The number of nitrogens with one attached hydrogen (secondary N) is 1. The Morgan fingerprint density at radius 1 is 1.12 bits per heavy atom. The van der Waals surface area contributed by atoms with Gasteiger partial charge in [-0.2, -0.15) is 0 Å². The first-order chi connectivity index (χ1) is 15.5. The molecule has 1 aliphatic heterocycles. The Labute approximate surface area is 187 Å². The average molecular weight is 434 g/mol. The van der Waals surface area contributed by atoms with Crippen LogP contribution < -0.4 is 5.32 Å². The number of anilines is 1. The smallest absolute Gasteiger partial charge is 0.228 e. The van der Waals surface area contributed by atoms with E-state index in [-0.39, 0.29) is 24.1 Å². The molecule has 1 amide bonds. The van der Waals surface area contributed by atoms with Crippen LogP contribution in [0.25, 0.3) is 0 Å². The molecule has 0 unspecified atom stereocenters. The molecule has 0 radical (unpaired) electrons. The fraction of sp³-hybridized carbons (Fsp3) is 0.360. The maximum absolute atomic E-state index is 13.1. The molecule has 1 saturated heterocycles. The summed E-state index contributed by atoms with van der Waals surface area (Å²) in [4.78, 5) is 28.9. The summed E-state index contributed by atoms with van der Waals surface area (Å²) in [5.41, 5.74) is 4.16. The van der Waals surface area contributed by atoms with Crippen LogP contribution in [-0.2, 0) is 17.8 Å². The summed E-state index contributed by atoms with van der Waals surface area (Å²) in [6, 6.07) is 11.8. The quantitative estimate of drug-likeness (QED) is 0.631. The molecule has 2 aromatic heterocycles. The summed E-state index contributed by atoms with van der Waals surface area (Å²) < 4.78 is 13.1. The molecule has 0 aliphatic carbocycles. The van der Waals surface area contributed by atoms with Gasteiger partial charge in [0.05, 0.1) is 12.1 Å². The highest BCUT2D eigenvalue weighted by atomic mass is 19.1. The lowest BCUT2D eigenvalue weighted by atomic mass is 9.96. The lowest BCUT2D eigenvalue weighted by Crippen LogP contribution is -2.35. The van der Waals surface area contributed by atoms with Crippen molar-refractivity contribution in [2.75, 3.05) is 18.4 Å². The van der Waals surface area contributed by atoms with E-state index in [1.807, 2.05) is 32.2 Å². The molecular formula is C25H28FN5O. The van der Waals surface area contributed by atoms with Crippen molar-refractivity contribution in [3.8, 4) is 0 Å². The first-order valence-corrected chi connectivity index (χ1v) is 11.0. The highest BCUT2D eigenvalue weighted by Crippen LogP contribution is 2.27. The molecule has 6 nitrogen and oxygen atoms in total. The zero-order valence-corrected chi connectivity index (χ0v) is 18.5. The van der Waals surface area contributed by atoms with Crippen LogP contribution in [0.15, 0.2) is 48.7 Å². The summed E-state index contributed by atoms with van der Waals surface area (Å²) in [6.07, 6.45) is 4.17. The van der Waals surface area contributed by atoms with Crippen molar-refractivity contribution in [2.45, 2.75) is 45.6 Å². The molecule has 7 heteroatoms. The molecule has 1 aliphatic rings. The fourth-order valence-electron chi connectivity index (χ4n) is 4.23. The number of pyridine rings is 1. The fourth-order valence-corrected chi connectivity index (χ4v) is 4.23. The van der Waals surface area contributed by atoms with Gasteiger partial charge in [0.1, 0.15) is 11.6 Å². The minimum atomic E-state index is -0.333. The molecule has 166 valence electrons. The molecule has 1 fully saturated rings. The van der Waals surface area contributed by atoms with Gasteiger partial charge in [-0.15, -0.1) is 0 Å². The van der Waals surface area contributed by atoms with E-state index in [4.69, 9.17) is 9.97 Å². The Hall–Kier alpha value is -3.19. The standard InChI is InChI=1S/C25H28FN5O/c1-17-23(14-24(32)30-21-10-8-20(26)9-11-21)18(2)29-25(28-17)19-6-5-13-31(15-19)16-22-7-3-4-12-27-22/h3-4,7-12,19H,5-6,13-16H2,1-2H3,(H,30,32)/t19-/m0/s1. The highest BCUT2D eigenvalue weighted by molar-refractivity contribution is 5.92. The van der Waals surface area contributed by atoms with E-state index in [1.165, 1.54) is 12.1 Å². The summed E-state index contributed by atoms with van der Waals surface area (Å²) in [5.74, 6) is 0.624. The third-order valence-corrected chi connectivity index (χ3v) is 5.89. The molecule has 1 aromatic carbocycles. The maximum atomic E-state index is 13.1. The maximum Gasteiger partial charge on any atom is 0.228 e. The Morgan fingerprint density at radius 3 is 2.56 bits per heavy atom. The molecule has 0 bridgehead atoms. The predicted molar refractivity (Wildman–Crippen MR) is 122 cm³/mol. The molecule has 0 spiro atoms. The van der Waals surface area contributed by atoms with Crippen molar-refractivity contribution >= 4 is 11.6 Å². The number of halogens is 1. The summed E-state index contributed by atoms with van der Waals surface area (Å²) in [6.45, 7) is 6.66. The number of hydrogen-bond acceptors (Lipinski definition) is 5. The van der Waals surface area contributed by atoms with Crippen LogP contribution in [0.2, 0.25) is 0 Å². The first kappa shape index (κ1) is 22.0. The summed E-state index contributed by atoms with van der Waals surface area (Å²) in [7, 11) is 0. The third kappa shape index (κ3) is 5.53. The Balaban J connectivity index is 1.42. The van der Waals surface area contributed by atoms with Gasteiger partial charge in [-0.3, -0.25) is 14.7 Å². The van der Waals surface area contributed by atoms with E-state index in [9.17, 15) is 9.18 Å². The lowest BCUT2D eigenvalue weighted by Gasteiger charge is -2.32. The SMILES string of the molecule is Cc1nc([C@H]2CCCN(Cc3ccccn3)C2)nc(C)c1CC(=O)Nc1ccc(F)cc1. The van der Waals surface area contributed by atoms with Gasteiger partial charge in [0.15, 0.2) is 0 Å². The third-order valence-electron chi connectivity index (χ3n) is 5.89. The number of rotatable bonds is 6. The van der Waals surface area contributed by atoms with Gasteiger partial charge in [0, 0.05) is 47.8 Å². The highest BCUT2D eigenvalue weighted by Gasteiger charge is 2.25. The van der Waals surface area contributed by atoms with Crippen molar-refractivity contribution in [1.29, 1.82) is 0 Å². The van der Waals surface area contributed by atoms with Gasteiger partial charge in [-0.25, -0.2) is 14.4 Å². The van der Waals surface area contributed by atoms with E-state index in [2.05, 4.69) is 21.3 Å². The number of benzene rings is 1. The van der Waals surface area contributed by atoms with Gasteiger partial charge in [-0.05, 0) is 69.6 Å². The van der Waals surface area contributed by atoms with Crippen LogP contribution in [0.3, 0.4) is 0 Å². The number of aromatic nitrogens is 3. The number of carbonyl (C=O) groups excluding carboxylic acids is 1. The van der Waals surface area contributed by atoms with E-state index in [1.54, 1.807) is 12.1 Å². The molecule has 3 heterocycles. The van der Waals surface area contributed by atoms with Crippen LogP contribution >= 0.6 is 0 Å². The number of piperidine rings is 1. The molecule has 32 heavy (non-hydrogen) atoms. The molecule has 3 aromatic rings. The Morgan fingerprint density at radius 2 is 1.88 bits per heavy atom. The average Bonchev–Trinajstić information content (AvgIpc) is 2.78. The van der Waals surface area contributed by atoms with Crippen molar-refractivity contribution in [3.63, 3.8) is 0 Å². The van der Waals surface area contributed by atoms with Gasteiger partial charge in [0.2, 0.25) is 5.91 Å². The van der Waals surface area contributed by atoms with Gasteiger partial charge < -0.3 is 5.32 Å². The predicted octanol–water partition coefficient (Wildman–Crippen LogP) is 4.19. The molecule has 4 rings (SSSR count). The van der Waals surface area contributed by atoms with E-state index in [0.29, 0.717) is 5.69 Å². The Bertz CT molecular complexity index is 1050. The normalized spacial score (nSPS) is 16.7. The molecule has 1 N–H and O–H groups in total. The number of aryl methyl sites for hydroxylation is 2. The monoisotopic (exact) mass is 433 g/mol. The molecule has 0 saturated carbocycles. The second-order valence-corrected chi connectivity index (χ2v) is 8.36. The van der Waals surface area contributed by atoms with Crippen LogP contribution in [0, 0.1) is 19.7 Å². The van der Waals surface area contributed by atoms with Crippen molar-refractivity contribution in [2.24, 2.45) is 0 Å². The molecule has 1 atom stereocenters.